The molecule has 7 rings (SSSR count). The Bertz CT molecular complexity index is 748. The third-order valence-corrected chi connectivity index (χ3v) is 7.78. The smallest absolute Gasteiger partial charge is 0.331 e. The number of hydrazine groups is 1. The van der Waals surface area contributed by atoms with Gasteiger partial charge in [0.2, 0.25) is 0 Å². The number of imidazole rings is 1. The summed E-state index contributed by atoms with van der Waals surface area (Å²) in [4.78, 5) is 19.4. The Morgan fingerprint density at radius 1 is 1.11 bits per heavy atom. The first-order chi connectivity index (χ1) is 13.2. The minimum atomic E-state index is 0.126. The van der Waals surface area contributed by atoms with Crippen LogP contribution in [0.1, 0.15) is 44.2 Å². The van der Waals surface area contributed by atoms with Crippen molar-refractivity contribution in [3.63, 3.8) is 0 Å². The van der Waals surface area contributed by atoms with Gasteiger partial charge in [0.1, 0.15) is 0 Å². The van der Waals surface area contributed by atoms with E-state index < -0.39 is 0 Å². The SMILES string of the molecule is O=C(N1CCn2cncc2C1)N1C=CCN1CC12CC3CC(CC(C3)C1)C2. The Morgan fingerprint density at radius 2 is 1.85 bits per heavy atom. The van der Waals surface area contributed by atoms with Gasteiger partial charge in [0.05, 0.1) is 18.6 Å². The maximum absolute atomic E-state index is 13.3. The summed E-state index contributed by atoms with van der Waals surface area (Å²) in [5.74, 6) is 2.87. The molecule has 4 aliphatic carbocycles. The van der Waals surface area contributed by atoms with Crippen LogP contribution >= 0.6 is 0 Å². The number of hydrogen-bond acceptors (Lipinski definition) is 3. The first-order valence-electron chi connectivity index (χ1n) is 10.7. The van der Waals surface area contributed by atoms with E-state index in [9.17, 15) is 4.79 Å². The first-order valence-corrected chi connectivity index (χ1v) is 10.7. The molecular weight excluding hydrogens is 338 g/mol. The summed E-state index contributed by atoms with van der Waals surface area (Å²) in [5.41, 5.74) is 1.59. The molecule has 0 unspecified atom stereocenters. The van der Waals surface area contributed by atoms with Crippen molar-refractivity contribution >= 4 is 6.03 Å². The predicted octanol–water partition coefficient (Wildman–Crippen LogP) is 3.08. The average Bonchev–Trinajstić information content (AvgIpc) is 3.28. The van der Waals surface area contributed by atoms with Crippen molar-refractivity contribution in [2.75, 3.05) is 19.6 Å². The van der Waals surface area contributed by atoms with Crippen LogP contribution in [0.15, 0.2) is 24.8 Å². The second-order valence-electron chi connectivity index (χ2n) is 9.78. The van der Waals surface area contributed by atoms with Crippen LogP contribution in [0.5, 0.6) is 0 Å². The van der Waals surface area contributed by atoms with Gasteiger partial charge in [-0.1, -0.05) is 6.08 Å². The number of amides is 2. The minimum absolute atomic E-state index is 0.126. The molecule has 0 spiro atoms. The molecule has 2 aliphatic heterocycles. The molecule has 1 aromatic rings. The average molecular weight is 367 g/mol. The van der Waals surface area contributed by atoms with E-state index in [0.717, 1.165) is 49.6 Å². The van der Waals surface area contributed by atoms with Gasteiger partial charge < -0.3 is 9.47 Å². The fourth-order valence-corrected chi connectivity index (χ4v) is 7.14. The lowest BCUT2D eigenvalue weighted by molar-refractivity contribution is -0.0893. The van der Waals surface area contributed by atoms with Gasteiger partial charge in [-0.25, -0.2) is 19.8 Å². The monoisotopic (exact) mass is 367 g/mol. The van der Waals surface area contributed by atoms with Gasteiger partial charge in [-0.15, -0.1) is 0 Å². The van der Waals surface area contributed by atoms with Crippen LogP contribution in [0.4, 0.5) is 4.79 Å². The van der Waals surface area contributed by atoms with Crippen LogP contribution in [0, 0.1) is 23.2 Å². The molecule has 1 aromatic heterocycles. The molecular formula is C21H29N5O. The molecule has 6 aliphatic rings. The van der Waals surface area contributed by atoms with Crippen molar-refractivity contribution in [3.05, 3.63) is 30.5 Å². The fourth-order valence-electron chi connectivity index (χ4n) is 7.14. The summed E-state index contributed by atoms with van der Waals surface area (Å²) in [7, 11) is 0. The molecule has 4 fully saturated rings. The first kappa shape index (κ1) is 16.2. The summed E-state index contributed by atoms with van der Waals surface area (Å²) in [6.45, 7) is 4.19. The highest BCUT2D eigenvalue weighted by molar-refractivity contribution is 5.75. The van der Waals surface area contributed by atoms with E-state index in [4.69, 9.17) is 0 Å². The second kappa shape index (κ2) is 5.84. The van der Waals surface area contributed by atoms with Gasteiger partial charge in [0, 0.05) is 38.6 Å². The molecule has 144 valence electrons. The Morgan fingerprint density at radius 3 is 2.59 bits per heavy atom. The molecule has 4 bridgehead atoms. The van der Waals surface area contributed by atoms with Crippen molar-refractivity contribution in [1.29, 1.82) is 0 Å². The normalized spacial score (nSPS) is 37.3. The van der Waals surface area contributed by atoms with Crippen molar-refractivity contribution in [1.82, 2.24) is 24.5 Å². The van der Waals surface area contributed by atoms with Crippen LogP contribution in [0.2, 0.25) is 0 Å². The number of aromatic nitrogens is 2. The van der Waals surface area contributed by atoms with E-state index in [1.54, 1.807) is 0 Å². The van der Waals surface area contributed by atoms with Gasteiger partial charge >= 0.3 is 6.03 Å². The third-order valence-electron chi connectivity index (χ3n) is 7.78. The molecule has 0 radical (unpaired) electrons. The number of nitrogens with zero attached hydrogens (tertiary/aromatic N) is 5. The highest BCUT2D eigenvalue weighted by Gasteiger charge is 2.52. The minimum Gasteiger partial charge on any atom is -0.331 e. The fraction of sp³-hybridized carbons (Fsp3) is 0.714. The molecule has 6 heteroatoms. The van der Waals surface area contributed by atoms with Crippen LogP contribution in [0.3, 0.4) is 0 Å². The number of carbonyl (C=O) groups is 1. The van der Waals surface area contributed by atoms with E-state index in [-0.39, 0.29) is 6.03 Å². The summed E-state index contributed by atoms with van der Waals surface area (Å²) in [6, 6.07) is 0.126. The van der Waals surface area contributed by atoms with Crippen molar-refractivity contribution in [2.45, 2.75) is 51.6 Å². The Labute approximate surface area is 160 Å². The zero-order chi connectivity index (χ0) is 18.0. The van der Waals surface area contributed by atoms with Gasteiger partial charge in [0.25, 0.3) is 0 Å². The van der Waals surface area contributed by atoms with E-state index >= 15 is 0 Å². The van der Waals surface area contributed by atoms with Gasteiger partial charge in [0.15, 0.2) is 0 Å². The molecule has 2 amide bonds. The van der Waals surface area contributed by atoms with E-state index in [1.807, 2.05) is 28.6 Å². The van der Waals surface area contributed by atoms with E-state index in [1.165, 1.54) is 38.5 Å². The zero-order valence-electron chi connectivity index (χ0n) is 16.0. The molecule has 0 aromatic carbocycles. The molecule has 4 saturated carbocycles. The third kappa shape index (κ3) is 2.64. The Kier molecular flexibility index (Phi) is 3.49. The lowest BCUT2D eigenvalue weighted by Crippen LogP contribution is -2.55. The second-order valence-corrected chi connectivity index (χ2v) is 9.78. The Balaban J connectivity index is 1.17. The molecule has 6 nitrogen and oxygen atoms in total. The Hall–Kier alpha value is -1.82. The summed E-state index contributed by atoms with van der Waals surface area (Å²) in [5, 5.41) is 4.23. The number of carbonyl (C=O) groups excluding carboxylic acids is 1. The quantitative estimate of drug-likeness (QED) is 0.807. The number of urea groups is 1. The van der Waals surface area contributed by atoms with E-state index in [0.29, 0.717) is 12.0 Å². The van der Waals surface area contributed by atoms with Crippen LogP contribution in [-0.2, 0) is 13.1 Å². The maximum atomic E-state index is 13.3. The van der Waals surface area contributed by atoms with Crippen LogP contribution in [0.25, 0.3) is 0 Å². The highest BCUT2D eigenvalue weighted by atomic mass is 16.2. The lowest BCUT2D eigenvalue weighted by atomic mass is 9.49. The lowest BCUT2D eigenvalue weighted by Gasteiger charge is -2.58. The van der Waals surface area contributed by atoms with E-state index in [2.05, 4.69) is 20.6 Å². The molecule has 0 atom stereocenters. The standard InChI is InChI=1S/C21H29N5O/c27-20(23-4-5-24-15-22-12-19(24)13-23)26-3-1-2-25(26)14-21-9-16-6-17(10-21)8-18(7-16)11-21/h1,3,12,15-18H,2,4-11,13-14H2. The van der Waals surface area contributed by atoms with Crippen molar-refractivity contribution in [2.24, 2.45) is 23.2 Å². The van der Waals surface area contributed by atoms with Gasteiger partial charge in [-0.05, 0) is 61.7 Å². The molecule has 0 N–H and O–H groups in total. The zero-order valence-corrected chi connectivity index (χ0v) is 16.0. The summed E-state index contributed by atoms with van der Waals surface area (Å²) in [6.07, 6.45) is 16.5. The van der Waals surface area contributed by atoms with Crippen LogP contribution in [-0.4, -0.2) is 50.1 Å². The van der Waals surface area contributed by atoms with Crippen molar-refractivity contribution < 1.29 is 4.79 Å². The highest BCUT2D eigenvalue weighted by Crippen LogP contribution is 2.60. The van der Waals surface area contributed by atoms with Crippen molar-refractivity contribution in [3.8, 4) is 0 Å². The topological polar surface area (TPSA) is 44.6 Å². The number of rotatable bonds is 2. The largest absolute Gasteiger partial charge is 0.339 e. The molecule has 0 saturated heterocycles. The van der Waals surface area contributed by atoms with Crippen LogP contribution < -0.4 is 0 Å². The van der Waals surface area contributed by atoms with Gasteiger partial charge in [-0.3, -0.25) is 0 Å². The number of hydrogen-bond donors (Lipinski definition) is 0. The maximum Gasteiger partial charge on any atom is 0.339 e. The number of fused-ring (bicyclic) bond motifs is 1. The summed E-state index contributed by atoms with van der Waals surface area (Å²) >= 11 is 0. The molecule has 3 heterocycles. The predicted molar refractivity (Wildman–Crippen MR) is 101 cm³/mol. The summed E-state index contributed by atoms with van der Waals surface area (Å²) < 4.78 is 2.15. The molecule has 27 heavy (non-hydrogen) atoms. The van der Waals surface area contributed by atoms with Gasteiger partial charge in [-0.2, -0.15) is 0 Å².